The minimum Gasteiger partial charge on any atom is -0.412 e. The third kappa shape index (κ3) is 3.30. The van der Waals surface area contributed by atoms with Gasteiger partial charge in [0.2, 0.25) is 0 Å². The fourth-order valence-electron chi connectivity index (χ4n) is 1.84. The highest BCUT2D eigenvalue weighted by Gasteiger charge is 2.37. The maximum atomic E-state index is 14.1. The van der Waals surface area contributed by atoms with E-state index in [0.29, 0.717) is 31.3 Å². The Kier molecular flexibility index (Phi) is 4.37. The Morgan fingerprint density at radius 1 is 1.30 bits per heavy atom. The predicted octanol–water partition coefficient (Wildman–Crippen LogP) is 4.46. The number of halogens is 1. The molecule has 2 nitrogen and oxygen atoms in total. The van der Waals surface area contributed by atoms with Crippen LogP contribution in [0.5, 0.6) is 0 Å². The van der Waals surface area contributed by atoms with Gasteiger partial charge in [0.15, 0.2) is 8.32 Å². The molecule has 0 spiro atoms. The van der Waals surface area contributed by atoms with E-state index in [1.54, 1.807) is 6.07 Å². The molecule has 0 amide bonds. The summed E-state index contributed by atoms with van der Waals surface area (Å²) in [6.45, 7) is 12.7. The van der Waals surface area contributed by atoms with Crippen LogP contribution in [0, 0.1) is 5.82 Å². The van der Waals surface area contributed by atoms with Crippen LogP contribution in [0.3, 0.4) is 0 Å². The zero-order valence-corrected chi connectivity index (χ0v) is 14.1. The van der Waals surface area contributed by atoms with Gasteiger partial charge in [-0.3, -0.25) is 0 Å². The van der Waals surface area contributed by atoms with Gasteiger partial charge in [0.25, 0.3) is 0 Å². The topological polar surface area (TPSA) is 18.5 Å². The first-order chi connectivity index (χ1) is 9.21. The van der Waals surface area contributed by atoms with E-state index in [2.05, 4.69) is 33.9 Å². The predicted molar refractivity (Wildman–Crippen MR) is 81.9 cm³/mol. The average molecular weight is 296 g/mol. The highest BCUT2D eigenvalue weighted by Crippen LogP contribution is 2.37. The van der Waals surface area contributed by atoms with E-state index in [-0.39, 0.29) is 10.9 Å². The fraction of sp³-hybridized carbons (Fsp3) is 0.625. The van der Waals surface area contributed by atoms with E-state index in [4.69, 9.17) is 9.16 Å². The van der Waals surface area contributed by atoms with E-state index < -0.39 is 8.32 Å². The number of hydrogen-bond donors (Lipinski definition) is 0. The van der Waals surface area contributed by atoms with Crippen molar-refractivity contribution >= 4 is 8.32 Å². The molecule has 0 bridgehead atoms. The van der Waals surface area contributed by atoms with Crippen molar-refractivity contribution in [3.8, 4) is 0 Å². The van der Waals surface area contributed by atoms with Crippen molar-refractivity contribution in [2.75, 3.05) is 13.2 Å². The van der Waals surface area contributed by atoms with E-state index in [1.807, 2.05) is 12.1 Å². The molecule has 112 valence electrons. The minimum atomic E-state index is -1.83. The molecule has 0 N–H and O–H groups in total. The molecular weight excluding hydrogens is 271 g/mol. The average Bonchev–Trinajstić information content (AvgIpc) is 2.24. The second-order valence-electron chi connectivity index (χ2n) is 7.13. The summed E-state index contributed by atoms with van der Waals surface area (Å²) in [4.78, 5) is 0. The van der Waals surface area contributed by atoms with Gasteiger partial charge in [-0.25, -0.2) is 4.39 Å². The molecule has 2 rings (SSSR count). The normalized spacial score (nSPS) is 17.1. The molecule has 20 heavy (non-hydrogen) atoms. The maximum Gasteiger partial charge on any atom is 0.192 e. The zero-order valence-electron chi connectivity index (χ0n) is 13.1. The summed E-state index contributed by atoms with van der Waals surface area (Å²) in [5.41, 5.74) is 1.68. The van der Waals surface area contributed by atoms with Gasteiger partial charge in [0.1, 0.15) is 5.82 Å². The molecule has 0 saturated carbocycles. The Labute approximate surface area is 122 Å². The molecule has 0 aliphatic carbocycles. The summed E-state index contributed by atoms with van der Waals surface area (Å²) in [7, 11) is -1.83. The van der Waals surface area contributed by atoms with Crippen LogP contribution in [0.25, 0.3) is 0 Å². The highest BCUT2D eigenvalue weighted by molar-refractivity contribution is 6.74. The first-order valence-corrected chi connectivity index (χ1v) is 10.1. The van der Waals surface area contributed by atoms with E-state index in [9.17, 15) is 4.39 Å². The Bertz CT molecular complexity index is 476. The maximum absolute atomic E-state index is 14.1. The van der Waals surface area contributed by atoms with Crippen LogP contribution in [-0.4, -0.2) is 21.5 Å². The second kappa shape index (κ2) is 5.58. The monoisotopic (exact) mass is 296 g/mol. The lowest BCUT2D eigenvalue weighted by Crippen LogP contribution is -2.40. The third-order valence-corrected chi connectivity index (χ3v) is 9.06. The number of benzene rings is 1. The first-order valence-electron chi connectivity index (χ1n) is 7.21. The van der Waals surface area contributed by atoms with Crippen LogP contribution in [0.1, 0.15) is 37.8 Å². The standard InChI is InChI=1S/C16H25FO2Si/c1-16(2,3)20(4,5)19-11-13-7-6-12(8-15(13)17)14-9-18-10-14/h6-8,14H,9-11H2,1-5H3. The Balaban J connectivity index is 2.03. The molecule has 0 unspecified atom stereocenters. The van der Waals surface area contributed by atoms with Crippen LogP contribution in [0.4, 0.5) is 4.39 Å². The van der Waals surface area contributed by atoms with Crippen molar-refractivity contribution in [3.05, 3.63) is 35.1 Å². The summed E-state index contributed by atoms with van der Waals surface area (Å²) < 4.78 is 25.4. The molecule has 1 saturated heterocycles. The molecule has 0 radical (unpaired) electrons. The lowest BCUT2D eigenvalue weighted by Gasteiger charge is -2.36. The zero-order chi connectivity index (χ0) is 15.0. The van der Waals surface area contributed by atoms with Crippen LogP contribution < -0.4 is 0 Å². The Morgan fingerprint density at radius 2 is 1.95 bits per heavy atom. The smallest absolute Gasteiger partial charge is 0.192 e. The fourth-order valence-corrected chi connectivity index (χ4v) is 2.79. The molecule has 0 atom stereocenters. The van der Waals surface area contributed by atoms with Crippen molar-refractivity contribution < 1.29 is 13.6 Å². The van der Waals surface area contributed by atoms with Crippen LogP contribution in [0.15, 0.2) is 18.2 Å². The molecule has 1 aliphatic heterocycles. The van der Waals surface area contributed by atoms with Crippen molar-refractivity contribution in [3.63, 3.8) is 0 Å². The van der Waals surface area contributed by atoms with Gasteiger partial charge in [-0.05, 0) is 29.8 Å². The Morgan fingerprint density at radius 3 is 2.40 bits per heavy atom. The van der Waals surface area contributed by atoms with Crippen molar-refractivity contribution in [2.45, 2.75) is 51.4 Å². The second-order valence-corrected chi connectivity index (χ2v) is 11.9. The van der Waals surface area contributed by atoms with E-state index in [0.717, 1.165) is 5.56 Å². The van der Waals surface area contributed by atoms with E-state index >= 15 is 0 Å². The molecule has 1 fully saturated rings. The molecule has 1 aromatic carbocycles. The van der Waals surface area contributed by atoms with Gasteiger partial charge in [0.05, 0.1) is 19.8 Å². The third-order valence-electron chi connectivity index (χ3n) is 4.58. The van der Waals surface area contributed by atoms with Crippen LogP contribution in [-0.2, 0) is 15.8 Å². The lowest BCUT2D eigenvalue weighted by atomic mass is 9.96. The quantitative estimate of drug-likeness (QED) is 0.764. The lowest BCUT2D eigenvalue weighted by molar-refractivity contribution is 0.00830. The first kappa shape index (κ1) is 15.7. The summed E-state index contributed by atoms with van der Waals surface area (Å²) in [5.74, 6) is 0.202. The molecule has 1 heterocycles. The molecule has 4 heteroatoms. The van der Waals surface area contributed by atoms with Gasteiger partial charge >= 0.3 is 0 Å². The highest BCUT2D eigenvalue weighted by atomic mass is 28.4. The summed E-state index contributed by atoms with van der Waals surface area (Å²) in [5, 5.41) is 0.146. The summed E-state index contributed by atoms with van der Waals surface area (Å²) in [6, 6.07) is 5.49. The van der Waals surface area contributed by atoms with Crippen molar-refractivity contribution in [1.29, 1.82) is 0 Å². The minimum absolute atomic E-state index is 0.146. The molecule has 1 aromatic rings. The molecular formula is C16H25FO2Si. The van der Waals surface area contributed by atoms with Crippen molar-refractivity contribution in [1.82, 2.24) is 0 Å². The summed E-state index contributed by atoms with van der Waals surface area (Å²) >= 11 is 0. The summed E-state index contributed by atoms with van der Waals surface area (Å²) in [6.07, 6.45) is 0. The SMILES string of the molecule is CC(C)(C)[Si](C)(C)OCc1ccc(C2COC2)cc1F. The number of hydrogen-bond acceptors (Lipinski definition) is 2. The van der Waals surface area contributed by atoms with Gasteiger partial charge in [0, 0.05) is 11.5 Å². The number of ether oxygens (including phenoxy) is 1. The van der Waals surface area contributed by atoms with Gasteiger partial charge in [-0.2, -0.15) is 0 Å². The van der Waals surface area contributed by atoms with Crippen LogP contribution >= 0.6 is 0 Å². The van der Waals surface area contributed by atoms with Crippen molar-refractivity contribution in [2.24, 2.45) is 0 Å². The molecule has 1 aliphatic rings. The van der Waals surface area contributed by atoms with E-state index in [1.165, 1.54) is 0 Å². The largest absolute Gasteiger partial charge is 0.412 e. The Hall–Kier alpha value is -0.713. The van der Waals surface area contributed by atoms with Crippen LogP contribution in [0.2, 0.25) is 18.1 Å². The van der Waals surface area contributed by atoms with Gasteiger partial charge in [-0.1, -0.05) is 32.9 Å². The number of rotatable bonds is 4. The molecule has 0 aromatic heterocycles. The van der Waals surface area contributed by atoms with Gasteiger partial charge in [-0.15, -0.1) is 0 Å². The van der Waals surface area contributed by atoms with Gasteiger partial charge < -0.3 is 9.16 Å².